The Labute approximate surface area is 205 Å². The maximum absolute atomic E-state index is 14.5. The Balaban J connectivity index is 1.33. The van der Waals surface area contributed by atoms with Crippen molar-refractivity contribution >= 4 is 5.91 Å². The first-order chi connectivity index (χ1) is 17.1. The Bertz CT molecular complexity index is 1150. The summed E-state index contributed by atoms with van der Waals surface area (Å²) in [4.78, 5) is 14.7. The van der Waals surface area contributed by atoms with Crippen LogP contribution in [-0.4, -0.2) is 44.7 Å². The molecule has 0 saturated heterocycles. The highest BCUT2D eigenvalue weighted by Gasteiger charge is 2.26. The summed E-state index contributed by atoms with van der Waals surface area (Å²) in [6.07, 6.45) is 0.548. The van der Waals surface area contributed by atoms with Gasteiger partial charge in [-0.2, -0.15) is 0 Å². The number of hydrogen-bond acceptors (Lipinski definition) is 5. The van der Waals surface area contributed by atoms with E-state index in [2.05, 4.69) is 10.2 Å². The molecule has 0 aromatic heterocycles. The van der Waals surface area contributed by atoms with Gasteiger partial charge in [-0.05, 0) is 36.2 Å². The molecule has 1 N–H and O–H groups in total. The Kier molecular flexibility index (Phi) is 8.21. The van der Waals surface area contributed by atoms with Crippen LogP contribution in [0.3, 0.4) is 0 Å². The monoisotopic (exact) mass is 478 g/mol. The molecular formula is C28H31FN2O4. The van der Waals surface area contributed by atoms with Crippen LogP contribution < -0.4 is 19.5 Å². The summed E-state index contributed by atoms with van der Waals surface area (Å²) < 4.78 is 31.3. The van der Waals surface area contributed by atoms with E-state index in [1.165, 1.54) is 6.07 Å². The molecule has 3 aromatic rings. The van der Waals surface area contributed by atoms with Crippen LogP contribution in [0.5, 0.6) is 17.2 Å². The zero-order chi connectivity index (χ0) is 24.6. The van der Waals surface area contributed by atoms with E-state index >= 15 is 0 Å². The van der Waals surface area contributed by atoms with Crippen molar-refractivity contribution in [2.24, 2.45) is 0 Å². The topological polar surface area (TPSA) is 60.0 Å². The second kappa shape index (κ2) is 11.7. The minimum atomic E-state index is -0.430. The van der Waals surface area contributed by atoms with Gasteiger partial charge in [0.25, 0.3) is 0 Å². The van der Waals surface area contributed by atoms with Crippen molar-refractivity contribution in [3.8, 4) is 17.2 Å². The Morgan fingerprint density at radius 2 is 1.83 bits per heavy atom. The van der Waals surface area contributed by atoms with Crippen molar-refractivity contribution in [3.05, 3.63) is 89.2 Å². The van der Waals surface area contributed by atoms with Crippen LogP contribution in [0.15, 0.2) is 66.7 Å². The van der Waals surface area contributed by atoms with Crippen molar-refractivity contribution in [2.75, 3.05) is 33.9 Å². The van der Waals surface area contributed by atoms with Crippen molar-refractivity contribution in [2.45, 2.75) is 25.5 Å². The lowest BCUT2D eigenvalue weighted by atomic mass is 10.1. The van der Waals surface area contributed by atoms with Gasteiger partial charge in [0.15, 0.2) is 11.5 Å². The normalized spacial score (nSPS) is 15.5. The van der Waals surface area contributed by atoms with Crippen molar-refractivity contribution in [1.29, 1.82) is 0 Å². The van der Waals surface area contributed by atoms with Crippen LogP contribution in [0.4, 0.5) is 4.39 Å². The second-order valence-corrected chi connectivity index (χ2v) is 8.51. The van der Waals surface area contributed by atoms with E-state index in [1.54, 1.807) is 26.4 Å². The van der Waals surface area contributed by atoms with Gasteiger partial charge in [0.05, 0.1) is 14.2 Å². The predicted octanol–water partition coefficient (Wildman–Crippen LogP) is 4.53. The number of halogens is 1. The number of aryl methyl sites for hydroxylation is 1. The molecule has 1 heterocycles. The van der Waals surface area contributed by atoms with Crippen LogP contribution in [-0.2, 0) is 17.8 Å². The lowest BCUT2D eigenvalue weighted by Crippen LogP contribution is -2.36. The third-order valence-electron chi connectivity index (χ3n) is 6.15. The average Bonchev–Trinajstić information content (AvgIpc) is 3.06. The first-order valence-corrected chi connectivity index (χ1v) is 11.8. The molecule has 6 nitrogen and oxygen atoms in total. The summed E-state index contributed by atoms with van der Waals surface area (Å²) in [7, 11) is 3.19. The summed E-state index contributed by atoms with van der Waals surface area (Å²) in [6, 6.07) is 20.2. The van der Waals surface area contributed by atoms with E-state index in [0.29, 0.717) is 56.1 Å². The highest BCUT2D eigenvalue weighted by Crippen LogP contribution is 2.32. The van der Waals surface area contributed by atoms with Crippen LogP contribution in [0, 0.1) is 5.82 Å². The van der Waals surface area contributed by atoms with E-state index in [4.69, 9.17) is 14.2 Å². The van der Waals surface area contributed by atoms with E-state index in [9.17, 15) is 9.18 Å². The molecule has 35 heavy (non-hydrogen) atoms. The van der Waals surface area contributed by atoms with Crippen molar-refractivity contribution < 1.29 is 23.4 Å². The smallest absolute Gasteiger partial charge is 0.220 e. The molecule has 1 amide bonds. The van der Waals surface area contributed by atoms with Crippen LogP contribution in [0.25, 0.3) is 0 Å². The summed E-state index contributed by atoms with van der Waals surface area (Å²) in [5.74, 6) is 1.79. The fraction of sp³-hybridized carbons (Fsp3) is 0.321. The fourth-order valence-corrected chi connectivity index (χ4v) is 4.28. The Morgan fingerprint density at radius 3 is 2.63 bits per heavy atom. The SMILES string of the molecule is COc1ccc(CCC(=O)NCCN2Cc3ccccc3O[C@@H](c3ccccc3F)C2)cc1OC. The molecule has 7 heteroatoms. The van der Waals surface area contributed by atoms with Crippen molar-refractivity contribution in [1.82, 2.24) is 10.2 Å². The number of nitrogens with zero attached hydrogens (tertiary/aromatic N) is 1. The number of nitrogens with one attached hydrogen (secondary N) is 1. The molecule has 0 bridgehead atoms. The summed E-state index contributed by atoms with van der Waals surface area (Å²) >= 11 is 0. The number of ether oxygens (including phenoxy) is 3. The van der Waals surface area contributed by atoms with Crippen LogP contribution in [0.2, 0.25) is 0 Å². The molecule has 4 rings (SSSR count). The molecular weight excluding hydrogens is 447 g/mol. The third-order valence-corrected chi connectivity index (χ3v) is 6.15. The van der Waals surface area contributed by atoms with Gasteiger partial charge < -0.3 is 19.5 Å². The zero-order valence-electron chi connectivity index (χ0n) is 20.1. The quantitative estimate of drug-likeness (QED) is 0.490. The standard InChI is InChI=1S/C28H31FN2O4/c1-33-25-13-11-20(17-26(25)34-2)12-14-28(32)30-15-16-31-18-21-7-3-6-10-24(21)35-27(19-31)22-8-4-5-9-23(22)29/h3-11,13,17,27H,12,14-16,18-19H2,1-2H3,(H,30,32)/t27-/m1/s1. The number of benzene rings is 3. The lowest BCUT2D eigenvalue weighted by Gasteiger charge is -2.24. The minimum Gasteiger partial charge on any atom is -0.493 e. The number of methoxy groups -OCH3 is 2. The predicted molar refractivity (Wildman–Crippen MR) is 132 cm³/mol. The molecule has 0 radical (unpaired) electrons. The van der Waals surface area contributed by atoms with Gasteiger partial charge in [-0.15, -0.1) is 0 Å². The van der Waals surface area contributed by atoms with E-state index in [0.717, 1.165) is 16.9 Å². The maximum Gasteiger partial charge on any atom is 0.220 e. The van der Waals surface area contributed by atoms with Gasteiger partial charge in [-0.1, -0.05) is 42.5 Å². The third kappa shape index (κ3) is 6.31. The average molecular weight is 479 g/mol. The first-order valence-electron chi connectivity index (χ1n) is 11.8. The molecule has 3 aromatic carbocycles. The summed E-state index contributed by atoms with van der Waals surface area (Å²) in [5.41, 5.74) is 2.59. The number of carbonyl (C=O) groups is 1. The Morgan fingerprint density at radius 1 is 1.06 bits per heavy atom. The van der Waals surface area contributed by atoms with E-state index in [-0.39, 0.29) is 11.7 Å². The van der Waals surface area contributed by atoms with Gasteiger partial charge in [0.2, 0.25) is 5.91 Å². The molecule has 184 valence electrons. The van der Waals surface area contributed by atoms with E-state index in [1.807, 2.05) is 48.5 Å². The van der Waals surface area contributed by atoms with Gasteiger partial charge in [0, 0.05) is 43.7 Å². The second-order valence-electron chi connectivity index (χ2n) is 8.51. The lowest BCUT2D eigenvalue weighted by molar-refractivity contribution is -0.121. The molecule has 1 aliphatic heterocycles. The number of amides is 1. The van der Waals surface area contributed by atoms with Gasteiger partial charge in [0.1, 0.15) is 17.7 Å². The largest absolute Gasteiger partial charge is 0.493 e. The maximum atomic E-state index is 14.5. The Hall–Kier alpha value is -3.58. The molecule has 0 fully saturated rings. The number of hydrogen-bond donors (Lipinski definition) is 1. The van der Waals surface area contributed by atoms with E-state index < -0.39 is 6.10 Å². The summed E-state index contributed by atoms with van der Waals surface area (Å²) in [5, 5.41) is 3.01. The molecule has 1 atom stereocenters. The molecule has 1 aliphatic rings. The number of rotatable bonds is 9. The fourth-order valence-electron chi connectivity index (χ4n) is 4.28. The number of carbonyl (C=O) groups excluding carboxylic acids is 1. The molecule has 0 saturated carbocycles. The highest BCUT2D eigenvalue weighted by atomic mass is 19.1. The van der Waals surface area contributed by atoms with Crippen LogP contribution in [0.1, 0.15) is 29.2 Å². The molecule has 0 aliphatic carbocycles. The number of para-hydroxylation sites is 1. The highest BCUT2D eigenvalue weighted by molar-refractivity contribution is 5.76. The summed E-state index contributed by atoms with van der Waals surface area (Å²) in [6.45, 7) is 2.32. The van der Waals surface area contributed by atoms with Gasteiger partial charge >= 0.3 is 0 Å². The van der Waals surface area contributed by atoms with Crippen LogP contribution >= 0.6 is 0 Å². The molecule has 0 unspecified atom stereocenters. The minimum absolute atomic E-state index is 0.0167. The van der Waals surface area contributed by atoms with Gasteiger partial charge in [-0.3, -0.25) is 9.69 Å². The first kappa shape index (κ1) is 24.5. The zero-order valence-corrected chi connectivity index (χ0v) is 20.1. The number of fused-ring (bicyclic) bond motifs is 1. The van der Waals surface area contributed by atoms with Crippen molar-refractivity contribution in [3.63, 3.8) is 0 Å². The van der Waals surface area contributed by atoms with Gasteiger partial charge in [-0.25, -0.2) is 4.39 Å². The molecule has 0 spiro atoms.